The Labute approximate surface area is 100 Å². The SMILES string of the molecule is CC1CCN(c2[nH]cc(C3CC3)c2C#N)C1=O. The smallest absolute Gasteiger partial charge is 0.231 e. The topological polar surface area (TPSA) is 59.9 Å². The maximum absolute atomic E-state index is 12.0. The molecule has 1 saturated carbocycles. The molecule has 4 heteroatoms. The van der Waals surface area contributed by atoms with Gasteiger partial charge in [-0.2, -0.15) is 5.26 Å². The summed E-state index contributed by atoms with van der Waals surface area (Å²) in [5, 5.41) is 9.27. The molecule has 1 N–H and O–H groups in total. The minimum atomic E-state index is 0.0780. The lowest BCUT2D eigenvalue weighted by molar-refractivity contribution is -0.119. The van der Waals surface area contributed by atoms with Crippen molar-refractivity contribution < 1.29 is 4.79 Å². The first-order chi connectivity index (χ1) is 8.22. The molecule has 0 bridgehead atoms. The number of aromatic nitrogens is 1. The van der Waals surface area contributed by atoms with Crippen molar-refractivity contribution in [1.82, 2.24) is 4.98 Å². The summed E-state index contributed by atoms with van der Waals surface area (Å²) < 4.78 is 0. The number of nitrogens with zero attached hydrogens (tertiary/aromatic N) is 2. The van der Waals surface area contributed by atoms with Crippen molar-refractivity contribution in [3.63, 3.8) is 0 Å². The van der Waals surface area contributed by atoms with E-state index in [0.717, 1.165) is 31.4 Å². The number of hydrogen-bond acceptors (Lipinski definition) is 2. The molecule has 0 spiro atoms. The molecule has 4 nitrogen and oxygen atoms in total. The van der Waals surface area contributed by atoms with Gasteiger partial charge in [-0.1, -0.05) is 6.92 Å². The predicted octanol–water partition coefficient (Wildman–Crippen LogP) is 2.14. The maximum atomic E-state index is 12.0. The van der Waals surface area contributed by atoms with E-state index in [1.54, 1.807) is 4.90 Å². The largest absolute Gasteiger partial charge is 0.347 e. The van der Waals surface area contributed by atoms with Gasteiger partial charge in [0.05, 0.1) is 5.56 Å². The van der Waals surface area contributed by atoms with Gasteiger partial charge in [-0.05, 0) is 30.7 Å². The molecule has 88 valence electrons. The summed E-state index contributed by atoms with van der Waals surface area (Å²) in [6.45, 7) is 2.67. The Hall–Kier alpha value is -1.76. The van der Waals surface area contributed by atoms with Crippen LogP contribution in [0.1, 0.15) is 43.2 Å². The van der Waals surface area contributed by atoms with E-state index in [0.29, 0.717) is 17.3 Å². The van der Waals surface area contributed by atoms with E-state index in [-0.39, 0.29) is 11.8 Å². The number of amides is 1. The number of carbonyl (C=O) groups is 1. The fraction of sp³-hybridized carbons (Fsp3) is 0.538. The lowest BCUT2D eigenvalue weighted by Gasteiger charge is -2.14. The van der Waals surface area contributed by atoms with Crippen LogP contribution in [-0.2, 0) is 4.79 Å². The molecule has 3 rings (SSSR count). The van der Waals surface area contributed by atoms with E-state index in [2.05, 4.69) is 11.1 Å². The van der Waals surface area contributed by atoms with E-state index in [4.69, 9.17) is 0 Å². The highest BCUT2D eigenvalue weighted by molar-refractivity contribution is 5.97. The fourth-order valence-corrected chi connectivity index (χ4v) is 2.52. The number of anilines is 1. The Bertz CT molecular complexity index is 507. The summed E-state index contributed by atoms with van der Waals surface area (Å²) in [6.07, 6.45) is 5.11. The maximum Gasteiger partial charge on any atom is 0.231 e. The van der Waals surface area contributed by atoms with Crippen LogP contribution in [0.3, 0.4) is 0 Å². The van der Waals surface area contributed by atoms with Gasteiger partial charge in [0, 0.05) is 18.7 Å². The Kier molecular flexibility index (Phi) is 2.22. The van der Waals surface area contributed by atoms with E-state index >= 15 is 0 Å². The Morgan fingerprint density at radius 2 is 2.24 bits per heavy atom. The third-order valence-electron chi connectivity index (χ3n) is 3.76. The summed E-state index contributed by atoms with van der Waals surface area (Å²) in [5.74, 6) is 1.45. The molecular weight excluding hydrogens is 214 g/mol. The summed E-state index contributed by atoms with van der Waals surface area (Å²) in [5.41, 5.74) is 1.77. The molecule has 1 aromatic rings. The molecule has 1 saturated heterocycles. The molecule has 2 heterocycles. The standard InChI is InChI=1S/C13H15N3O/c1-8-4-5-16(13(8)17)12-10(6-14)11(7-15-12)9-2-3-9/h7-9,15H,2-5H2,1H3. The van der Waals surface area contributed by atoms with Gasteiger partial charge < -0.3 is 4.98 Å². The minimum Gasteiger partial charge on any atom is -0.347 e. The molecule has 1 unspecified atom stereocenters. The van der Waals surface area contributed by atoms with Crippen molar-refractivity contribution >= 4 is 11.7 Å². The average Bonchev–Trinajstić information content (AvgIpc) is 3.01. The van der Waals surface area contributed by atoms with Crippen molar-refractivity contribution in [3.05, 3.63) is 17.3 Å². The van der Waals surface area contributed by atoms with Crippen LogP contribution in [0.2, 0.25) is 0 Å². The molecule has 0 radical (unpaired) electrons. The Morgan fingerprint density at radius 3 is 2.76 bits per heavy atom. The van der Waals surface area contributed by atoms with Crippen LogP contribution >= 0.6 is 0 Å². The van der Waals surface area contributed by atoms with Crippen LogP contribution in [-0.4, -0.2) is 17.4 Å². The number of hydrogen-bond donors (Lipinski definition) is 1. The lowest BCUT2D eigenvalue weighted by Crippen LogP contribution is -2.27. The zero-order valence-corrected chi connectivity index (χ0v) is 9.86. The third kappa shape index (κ3) is 1.54. The quantitative estimate of drug-likeness (QED) is 0.844. The Balaban J connectivity index is 1.98. The van der Waals surface area contributed by atoms with E-state index in [9.17, 15) is 10.1 Å². The fourth-order valence-electron chi connectivity index (χ4n) is 2.52. The first-order valence-electron chi connectivity index (χ1n) is 6.15. The molecule has 1 aliphatic carbocycles. The highest BCUT2D eigenvalue weighted by Gasteiger charge is 2.34. The van der Waals surface area contributed by atoms with Gasteiger partial charge >= 0.3 is 0 Å². The van der Waals surface area contributed by atoms with Crippen LogP contribution < -0.4 is 4.90 Å². The van der Waals surface area contributed by atoms with Crippen LogP contribution in [0.15, 0.2) is 6.20 Å². The number of H-pyrrole nitrogens is 1. The second-order valence-corrected chi connectivity index (χ2v) is 5.03. The number of nitriles is 1. The third-order valence-corrected chi connectivity index (χ3v) is 3.76. The highest BCUT2D eigenvalue weighted by atomic mass is 16.2. The van der Waals surface area contributed by atoms with Gasteiger partial charge in [0.25, 0.3) is 0 Å². The van der Waals surface area contributed by atoms with Crippen LogP contribution in [0.4, 0.5) is 5.82 Å². The highest BCUT2D eigenvalue weighted by Crippen LogP contribution is 2.44. The van der Waals surface area contributed by atoms with Crippen LogP contribution in [0, 0.1) is 17.2 Å². The normalized spacial score (nSPS) is 24.1. The van der Waals surface area contributed by atoms with Crippen molar-refractivity contribution in [2.24, 2.45) is 5.92 Å². The first-order valence-corrected chi connectivity index (χ1v) is 6.15. The Morgan fingerprint density at radius 1 is 1.47 bits per heavy atom. The number of carbonyl (C=O) groups excluding carboxylic acids is 1. The van der Waals surface area contributed by atoms with E-state index in [1.165, 1.54) is 0 Å². The second kappa shape index (κ2) is 3.63. The molecule has 1 aliphatic heterocycles. The molecule has 17 heavy (non-hydrogen) atoms. The van der Waals surface area contributed by atoms with E-state index in [1.807, 2.05) is 13.1 Å². The number of rotatable bonds is 2. The molecule has 1 aromatic heterocycles. The van der Waals surface area contributed by atoms with Gasteiger partial charge in [-0.25, -0.2) is 0 Å². The summed E-state index contributed by atoms with van der Waals surface area (Å²) in [7, 11) is 0. The van der Waals surface area contributed by atoms with Crippen LogP contribution in [0.25, 0.3) is 0 Å². The lowest BCUT2D eigenvalue weighted by atomic mass is 10.1. The summed E-state index contributed by atoms with van der Waals surface area (Å²) in [6, 6.07) is 2.25. The summed E-state index contributed by atoms with van der Waals surface area (Å²) in [4.78, 5) is 16.8. The second-order valence-electron chi connectivity index (χ2n) is 5.03. The zero-order chi connectivity index (χ0) is 12.0. The molecule has 1 atom stereocenters. The molecular formula is C13H15N3O. The van der Waals surface area contributed by atoms with Crippen molar-refractivity contribution in [1.29, 1.82) is 5.26 Å². The monoisotopic (exact) mass is 229 g/mol. The molecule has 2 fully saturated rings. The van der Waals surface area contributed by atoms with Gasteiger partial charge in [-0.3, -0.25) is 9.69 Å². The predicted molar refractivity (Wildman–Crippen MR) is 63.6 cm³/mol. The van der Waals surface area contributed by atoms with Gasteiger partial charge in [0.15, 0.2) is 0 Å². The zero-order valence-electron chi connectivity index (χ0n) is 9.86. The number of nitrogens with one attached hydrogen (secondary N) is 1. The average molecular weight is 229 g/mol. The minimum absolute atomic E-state index is 0.0780. The molecule has 2 aliphatic rings. The summed E-state index contributed by atoms with van der Waals surface area (Å²) >= 11 is 0. The van der Waals surface area contributed by atoms with E-state index < -0.39 is 0 Å². The molecule has 0 aromatic carbocycles. The number of aromatic amines is 1. The van der Waals surface area contributed by atoms with Gasteiger partial charge in [0.2, 0.25) is 5.91 Å². The van der Waals surface area contributed by atoms with Crippen molar-refractivity contribution in [2.45, 2.75) is 32.1 Å². The van der Waals surface area contributed by atoms with Gasteiger partial charge in [-0.15, -0.1) is 0 Å². The molecule has 1 amide bonds. The van der Waals surface area contributed by atoms with Crippen LogP contribution in [0.5, 0.6) is 0 Å². The van der Waals surface area contributed by atoms with Gasteiger partial charge in [0.1, 0.15) is 11.9 Å². The van der Waals surface area contributed by atoms with Crippen molar-refractivity contribution in [3.8, 4) is 6.07 Å². The van der Waals surface area contributed by atoms with Crippen molar-refractivity contribution in [2.75, 3.05) is 11.4 Å². The first kappa shape index (κ1) is 10.4.